The number of aliphatic hydroxyl groups is 1. The van der Waals surface area contributed by atoms with Crippen molar-refractivity contribution in [3.8, 4) is 0 Å². The maximum Gasteiger partial charge on any atom is 0.294 e. The third-order valence-corrected chi connectivity index (χ3v) is 5.71. The van der Waals surface area contributed by atoms with E-state index in [9.17, 15) is 14.7 Å². The number of ketones is 1. The summed E-state index contributed by atoms with van der Waals surface area (Å²) in [6.45, 7) is 2.06. The lowest BCUT2D eigenvalue weighted by molar-refractivity contribution is -0.117. The Kier molecular flexibility index (Phi) is 4.79. The lowest BCUT2D eigenvalue weighted by Crippen LogP contribution is -2.31. The fourth-order valence-corrected chi connectivity index (χ4v) is 4.08. The molecule has 28 heavy (non-hydrogen) atoms. The summed E-state index contributed by atoms with van der Waals surface area (Å²) in [6.07, 6.45) is 4.11. The molecule has 0 aliphatic carbocycles. The Hall–Kier alpha value is -3.25. The van der Waals surface area contributed by atoms with Crippen LogP contribution in [0.15, 0.2) is 77.6 Å². The summed E-state index contributed by atoms with van der Waals surface area (Å²) in [5.41, 5.74) is 2.58. The molecule has 0 spiro atoms. The van der Waals surface area contributed by atoms with Gasteiger partial charge in [0.05, 0.1) is 16.5 Å². The lowest BCUT2D eigenvalue weighted by atomic mass is 9.96. The standard InChI is InChI=1S/C22H18N2O3S/c1-2-14-5-7-16(8-6-14)24-19(15-9-11-23-12-10-15)18(21(26)22(24)27)20(25)17-4-3-13-28-17/h3-13,19,26H,2H2,1H3. The van der Waals surface area contributed by atoms with Gasteiger partial charge in [-0.15, -0.1) is 11.3 Å². The van der Waals surface area contributed by atoms with Crippen molar-refractivity contribution in [1.82, 2.24) is 4.98 Å². The number of Topliss-reactive ketones (excluding diaryl/α,β-unsaturated/α-hetero) is 1. The predicted molar refractivity (Wildman–Crippen MR) is 109 cm³/mol. The van der Waals surface area contributed by atoms with Gasteiger partial charge < -0.3 is 5.11 Å². The molecule has 3 aromatic rings. The monoisotopic (exact) mass is 390 g/mol. The largest absolute Gasteiger partial charge is 0.503 e. The predicted octanol–water partition coefficient (Wildman–Crippen LogP) is 4.49. The van der Waals surface area contributed by atoms with Gasteiger partial charge in [-0.3, -0.25) is 19.5 Å². The highest BCUT2D eigenvalue weighted by molar-refractivity contribution is 7.12. The second-order valence-corrected chi connectivity index (χ2v) is 7.39. The number of carbonyl (C=O) groups excluding carboxylic acids is 2. The van der Waals surface area contributed by atoms with Gasteiger partial charge in [0.15, 0.2) is 5.76 Å². The first kappa shape index (κ1) is 18.1. The highest BCUT2D eigenvalue weighted by Crippen LogP contribution is 2.42. The first-order valence-electron chi connectivity index (χ1n) is 8.95. The summed E-state index contributed by atoms with van der Waals surface area (Å²) in [5, 5.41) is 12.4. The van der Waals surface area contributed by atoms with Crippen LogP contribution in [0, 0.1) is 0 Å². The molecular formula is C22H18N2O3S. The van der Waals surface area contributed by atoms with Crippen LogP contribution in [0.3, 0.4) is 0 Å². The molecule has 1 aliphatic heterocycles. The number of pyridine rings is 1. The zero-order chi connectivity index (χ0) is 19.7. The third kappa shape index (κ3) is 3.01. The van der Waals surface area contributed by atoms with Crippen LogP contribution in [0.5, 0.6) is 0 Å². The van der Waals surface area contributed by atoms with Gasteiger partial charge in [-0.05, 0) is 53.3 Å². The molecule has 3 heterocycles. The van der Waals surface area contributed by atoms with Crippen molar-refractivity contribution in [2.24, 2.45) is 0 Å². The number of aromatic nitrogens is 1. The fraction of sp³-hybridized carbons (Fsp3) is 0.136. The number of aliphatic hydroxyl groups excluding tert-OH is 1. The Morgan fingerprint density at radius 3 is 2.46 bits per heavy atom. The van der Waals surface area contributed by atoms with Crippen LogP contribution in [0.2, 0.25) is 0 Å². The highest BCUT2D eigenvalue weighted by atomic mass is 32.1. The van der Waals surface area contributed by atoms with E-state index in [1.54, 1.807) is 42.0 Å². The third-order valence-electron chi connectivity index (χ3n) is 4.84. The van der Waals surface area contributed by atoms with E-state index in [4.69, 9.17) is 0 Å². The molecule has 1 unspecified atom stereocenters. The minimum atomic E-state index is -0.711. The van der Waals surface area contributed by atoms with Crippen molar-refractivity contribution in [2.75, 3.05) is 4.90 Å². The van der Waals surface area contributed by atoms with Crippen LogP contribution in [-0.4, -0.2) is 21.8 Å². The van der Waals surface area contributed by atoms with E-state index in [0.717, 1.165) is 12.0 Å². The zero-order valence-corrected chi connectivity index (χ0v) is 16.0. The van der Waals surface area contributed by atoms with Crippen LogP contribution in [0.4, 0.5) is 5.69 Å². The minimum Gasteiger partial charge on any atom is -0.503 e. The van der Waals surface area contributed by atoms with Crippen molar-refractivity contribution >= 4 is 28.7 Å². The van der Waals surface area contributed by atoms with E-state index in [2.05, 4.69) is 11.9 Å². The number of rotatable bonds is 5. The summed E-state index contributed by atoms with van der Waals surface area (Å²) in [4.78, 5) is 32.1. The maximum atomic E-state index is 13.1. The quantitative estimate of drug-likeness (QED) is 0.652. The molecule has 1 aliphatic rings. The Labute approximate surface area is 166 Å². The molecule has 0 radical (unpaired) electrons. The topological polar surface area (TPSA) is 70.5 Å². The van der Waals surface area contributed by atoms with Gasteiger partial charge >= 0.3 is 0 Å². The molecule has 1 atom stereocenters. The molecule has 0 saturated heterocycles. The van der Waals surface area contributed by atoms with E-state index in [-0.39, 0.29) is 11.4 Å². The smallest absolute Gasteiger partial charge is 0.294 e. The van der Waals surface area contributed by atoms with E-state index < -0.39 is 17.7 Å². The average molecular weight is 390 g/mol. The van der Waals surface area contributed by atoms with Crippen LogP contribution < -0.4 is 4.90 Å². The molecule has 2 aromatic heterocycles. The second kappa shape index (κ2) is 7.40. The Balaban J connectivity index is 1.85. The molecule has 0 saturated carbocycles. The van der Waals surface area contributed by atoms with Crippen LogP contribution in [-0.2, 0) is 11.2 Å². The molecule has 140 valence electrons. The normalized spacial score (nSPS) is 16.7. The van der Waals surface area contributed by atoms with E-state index in [0.29, 0.717) is 16.1 Å². The molecule has 1 N–H and O–H groups in total. The Morgan fingerprint density at radius 2 is 1.86 bits per heavy atom. The van der Waals surface area contributed by atoms with Gasteiger partial charge in [0.2, 0.25) is 5.78 Å². The Bertz CT molecular complexity index is 1040. The molecule has 4 rings (SSSR count). The van der Waals surface area contributed by atoms with Gasteiger partial charge in [-0.25, -0.2) is 0 Å². The molecule has 0 bridgehead atoms. The van der Waals surface area contributed by atoms with Gasteiger partial charge in [-0.2, -0.15) is 0 Å². The zero-order valence-electron chi connectivity index (χ0n) is 15.2. The molecule has 5 nitrogen and oxygen atoms in total. The van der Waals surface area contributed by atoms with Crippen molar-refractivity contribution in [3.05, 3.63) is 93.6 Å². The maximum absolute atomic E-state index is 13.1. The number of amides is 1. The summed E-state index contributed by atoms with van der Waals surface area (Å²) in [5.74, 6) is -1.42. The van der Waals surface area contributed by atoms with E-state index in [1.165, 1.54) is 16.2 Å². The van der Waals surface area contributed by atoms with Crippen molar-refractivity contribution < 1.29 is 14.7 Å². The minimum absolute atomic E-state index is 0.0956. The first-order chi connectivity index (χ1) is 13.6. The van der Waals surface area contributed by atoms with Crippen LogP contribution >= 0.6 is 11.3 Å². The molecule has 0 fully saturated rings. The summed E-state index contributed by atoms with van der Waals surface area (Å²) in [6, 6.07) is 13.8. The Morgan fingerprint density at radius 1 is 1.14 bits per heavy atom. The molecular weight excluding hydrogens is 372 g/mol. The summed E-state index contributed by atoms with van der Waals surface area (Å²) in [7, 11) is 0. The number of hydrogen-bond acceptors (Lipinski definition) is 5. The SMILES string of the molecule is CCc1ccc(N2C(=O)C(O)=C(C(=O)c3cccs3)C2c2ccncc2)cc1. The lowest BCUT2D eigenvalue weighted by Gasteiger charge is -2.27. The number of thiophene rings is 1. The first-order valence-corrected chi connectivity index (χ1v) is 9.83. The second-order valence-electron chi connectivity index (χ2n) is 6.45. The van der Waals surface area contributed by atoms with E-state index in [1.807, 2.05) is 24.3 Å². The molecule has 6 heteroatoms. The van der Waals surface area contributed by atoms with Gasteiger partial charge in [-0.1, -0.05) is 25.1 Å². The van der Waals surface area contributed by atoms with Crippen LogP contribution in [0.1, 0.15) is 33.8 Å². The number of nitrogens with zero attached hydrogens (tertiary/aromatic N) is 2. The fourth-order valence-electron chi connectivity index (χ4n) is 3.40. The number of aryl methyl sites for hydroxylation is 1. The molecule has 1 amide bonds. The summed E-state index contributed by atoms with van der Waals surface area (Å²) < 4.78 is 0. The number of anilines is 1. The average Bonchev–Trinajstić information content (AvgIpc) is 3.36. The molecule has 1 aromatic carbocycles. The summed E-state index contributed by atoms with van der Waals surface area (Å²) >= 11 is 1.28. The van der Waals surface area contributed by atoms with Crippen molar-refractivity contribution in [2.45, 2.75) is 19.4 Å². The van der Waals surface area contributed by atoms with Gasteiger partial charge in [0.25, 0.3) is 5.91 Å². The van der Waals surface area contributed by atoms with Gasteiger partial charge in [0, 0.05) is 18.1 Å². The number of carbonyl (C=O) groups is 2. The number of hydrogen-bond donors (Lipinski definition) is 1. The van der Waals surface area contributed by atoms with Gasteiger partial charge in [0.1, 0.15) is 0 Å². The van der Waals surface area contributed by atoms with Crippen molar-refractivity contribution in [3.63, 3.8) is 0 Å². The number of benzene rings is 1. The highest BCUT2D eigenvalue weighted by Gasteiger charge is 2.44. The van der Waals surface area contributed by atoms with Crippen LogP contribution in [0.25, 0.3) is 0 Å². The van der Waals surface area contributed by atoms with E-state index >= 15 is 0 Å². The van der Waals surface area contributed by atoms with Crippen molar-refractivity contribution in [1.29, 1.82) is 0 Å².